The van der Waals surface area contributed by atoms with Gasteiger partial charge in [0, 0.05) is 5.54 Å². The molecule has 2 nitrogen and oxygen atoms in total. The maximum Gasteiger partial charge on any atom is 0.119 e. The van der Waals surface area contributed by atoms with Crippen LogP contribution in [-0.2, 0) is 5.54 Å². The summed E-state index contributed by atoms with van der Waals surface area (Å²) in [5.41, 5.74) is 1.60. The molecule has 1 atom stereocenters. The van der Waals surface area contributed by atoms with Gasteiger partial charge in [-0.15, -0.1) is 0 Å². The number of hydrogen-bond acceptors (Lipinski definition) is 2. The van der Waals surface area contributed by atoms with Crippen molar-refractivity contribution in [2.75, 3.05) is 13.7 Å². The molecule has 1 heterocycles. The molecule has 1 aromatic rings. The topological polar surface area (TPSA) is 21.3 Å². The summed E-state index contributed by atoms with van der Waals surface area (Å²) in [4.78, 5) is 0. The van der Waals surface area contributed by atoms with Crippen LogP contribution in [-0.4, -0.2) is 13.7 Å². The molecule has 1 aliphatic heterocycles. The van der Waals surface area contributed by atoms with Crippen LogP contribution >= 0.6 is 0 Å². The second-order valence-corrected chi connectivity index (χ2v) is 4.24. The van der Waals surface area contributed by atoms with E-state index < -0.39 is 0 Å². The first-order chi connectivity index (χ1) is 7.30. The van der Waals surface area contributed by atoms with Crippen molar-refractivity contribution >= 4 is 0 Å². The van der Waals surface area contributed by atoms with Gasteiger partial charge < -0.3 is 10.1 Å². The first kappa shape index (κ1) is 10.5. The van der Waals surface area contributed by atoms with Crippen LogP contribution in [0.25, 0.3) is 0 Å². The lowest BCUT2D eigenvalue weighted by Gasteiger charge is -2.44. The monoisotopic (exact) mass is 205 g/mol. The highest BCUT2D eigenvalue weighted by molar-refractivity contribution is 5.34. The maximum absolute atomic E-state index is 5.27. The smallest absolute Gasteiger partial charge is 0.119 e. The van der Waals surface area contributed by atoms with Gasteiger partial charge in [-0.1, -0.05) is 25.5 Å². The highest BCUT2D eigenvalue weighted by Gasteiger charge is 2.37. The zero-order valence-corrected chi connectivity index (χ0v) is 9.55. The van der Waals surface area contributed by atoms with Gasteiger partial charge in [0.15, 0.2) is 0 Å². The van der Waals surface area contributed by atoms with Crippen LogP contribution in [0.1, 0.15) is 31.7 Å². The van der Waals surface area contributed by atoms with Gasteiger partial charge in [-0.25, -0.2) is 0 Å². The van der Waals surface area contributed by atoms with Crippen LogP contribution < -0.4 is 10.1 Å². The first-order valence-electron chi connectivity index (χ1n) is 5.70. The van der Waals surface area contributed by atoms with E-state index in [4.69, 9.17) is 4.74 Å². The summed E-state index contributed by atoms with van der Waals surface area (Å²) in [6.07, 6.45) is 3.67. The fourth-order valence-electron chi connectivity index (χ4n) is 2.38. The van der Waals surface area contributed by atoms with Gasteiger partial charge >= 0.3 is 0 Å². The SMILES string of the molecule is CCCC1(c2cccc(OC)c2)CCN1. The molecule has 0 bridgehead atoms. The van der Waals surface area contributed by atoms with E-state index in [2.05, 4.69) is 30.4 Å². The van der Waals surface area contributed by atoms with Crippen LogP contribution in [0.4, 0.5) is 0 Å². The molecule has 0 amide bonds. The fourth-order valence-corrected chi connectivity index (χ4v) is 2.38. The average molecular weight is 205 g/mol. The van der Waals surface area contributed by atoms with Crippen molar-refractivity contribution in [1.29, 1.82) is 0 Å². The van der Waals surface area contributed by atoms with Crippen molar-refractivity contribution in [1.82, 2.24) is 5.32 Å². The molecular weight excluding hydrogens is 186 g/mol. The molecule has 82 valence electrons. The molecule has 15 heavy (non-hydrogen) atoms. The van der Waals surface area contributed by atoms with Crippen LogP contribution in [0.3, 0.4) is 0 Å². The van der Waals surface area contributed by atoms with Crippen molar-refractivity contribution in [3.05, 3.63) is 29.8 Å². The summed E-state index contributed by atoms with van der Waals surface area (Å²) in [6.45, 7) is 3.37. The summed E-state index contributed by atoms with van der Waals surface area (Å²) >= 11 is 0. The Morgan fingerprint density at radius 3 is 2.80 bits per heavy atom. The third-order valence-electron chi connectivity index (χ3n) is 3.31. The van der Waals surface area contributed by atoms with Crippen LogP contribution in [0.15, 0.2) is 24.3 Å². The summed E-state index contributed by atoms with van der Waals surface area (Å²) in [6, 6.07) is 8.43. The molecule has 1 aromatic carbocycles. The molecule has 0 saturated carbocycles. The minimum Gasteiger partial charge on any atom is -0.497 e. The molecule has 1 aliphatic rings. The molecule has 0 aliphatic carbocycles. The van der Waals surface area contributed by atoms with Crippen molar-refractivity contribution < 1.29 is 4.74 Å². The van der Waals surface area contributed by atoms with E-state index in [1.165, 1.54) is 24.8 Å². The van der Waals surface area contributed by atoms with Crippen LogP contribution in [0, 0.1) is 0 Å². The number of methoxy groups -OCH3 is 1. The molecule has 2 heteroatoms. The number of nitrogens with one attached hydrogen (secondary N) is 1. The summed E-state index contributed by atoms with van der Waals surface area (Å²) in [7, 11) is 1.72. The minimum atomic E-state index is 0.225. The van der Waals surface area contributed by atoms with E-state index in [1.54, 1.807) is 7.11 Å². The molecule has 1 fully saturated rings. The van der Waals surface area contributed by atoms with Crippen molar-refractivity contribution in [3.63, 3.8) is 0 Å². The molecular formula is C13H19NO. The standard InChI is InChI=1S/C13H19NO/c1-3-7-13(8-9-14-13)11-5-4-6-12(10-11)15-2/h4-6,10,14H,3,7-9H2,1-2H3. The molecule has 0 aromatic heterocycles. The minimum absolute atomic E-state index is 0.225. The van der Waals surface area contributed by atoms with E-state index in [1.807, 2.05) is 6.07 Å². The zero-order chi connectivity index (χ0) is 10.7. The summed E-state index contributed by atoms with van der Waals surface area (Å²) in [5.74, 6) is 0.955. The maximum atomic E-state index is 5.27. The Morgan fingerprint density at radius 2 is 2.27 bits per heavy atom. The van der Waals surface area contributed by atoms with Crippen LogP contribution in [0.2, 0.25) is 0 Å². The predicted molar refractivity (Wildman–Crippen MR) is 62.2 cm³/mol. The third kappa shape index (κ3) is 1.86. The van der Waals surface area contributed by atoms with Crippen molar-refractivity contribution in [2.24, 2.45) is 0 Å². The fraction of sp³-hybridized carbons (Fsp3) is 0.538. The quantitative estimate of drug-likeness (QED) is 0.816. The molecule has 0 radical (unpaired) electrons. The van der Waals surface area contributed by atoms with E-state index in [0.29, 0.717) is 0 Å². The molecule has 0 spiro atoms. The van der Waals surface area contributed by atoms with Gasteiger partial charge in [-0.3, -0.25) is 0 Å². The number of rotatable bonds is 4. The first-order valence-corrected chi connectivity index (χ1v) is 5.70. The Balaban J connectivity index is 2.26. The number of ether oxygens (including phenoxy) is 1. The Bertz CT molecular complexity index is 331. The van der Waals surface area contributed by atoms with Gasteiger partial charge in [0.25, 0.3) is 0 Å². The van der Waals surface area contributed by atoms with Crippen LogP contribution in [0.5, 0.6) is 5.75 Å². The van der Waals surface area contributed by atoms with Gasteiger partial charge in [-0.2, -0.15) is 0 Å². The van der Waals surface area contributed by atoms with Gasteiger partial charge in [0.1, 0.15) is 5.75 Å². The lowest BCUT2D eigenvalue weighted by Crippen LogP contribution is -2.53. The largest absolute Gasteiger partial charge is 0.497 e. The predicted octanol–water partition coefficient (Wildman–Crippen LogP) is 2.68. The highest BCUT2D eigenvalue weighted by atomic mass is 16.5. The lowest BCUT2D eigenvalue weighted by molar-refractivity contribution is 0.191. The number of hydrogen-bond donors (Lipinski definition) is 1. The third-order valence-corrected chi connectivity index (χ3v) is 3.31. The van der Waals surface area contributed by atoms with Gasteiger partial charge in [0.2, 0.25) is 0 Å². The van der Waals surface area contributed by atoms with Crippen molar-refractivity contribution in [2.45, 2.75) is 31.7 Å². The normalized spacial score (nSPS) is 24.7. The summed E-state index contributed by atoms with van der Waals surface area (Å²) in [5, 5.41) is 3.57. The molecule has 1 saturated heterocycles. The van der Waals surface area contributed by atoms with E-state index >= 15 is 0 Å². The van der Waals surface area contributed by atoms with Gasteiger partial charge in [-0.05, 0) is 37.1 Å². The lowest BCUT2D eigenvalue weighted by atomic mass is 9.77. The highest BCUT2D eigenvalue weighted by Crippen LogP contribution is 2.36. The van der Waals surface area contributed by atoms with E-state index in [-0.39, 0.29) is 5.54 Å². The molecule has 2 rings (SSSR count). The summed E-state index contributed by atoms with van der Waals surface area (Å²) < 4.78 is 5.27. The Labute approximate surface area is 91.6 Å². The second-order valence-electron chi connectivity index (χ2n) is 4.24. The molecule has 1 N–H and O–H groups in total. The zero-order valence-electron chi connectivity index (χ0n) is 9.55. The molecule has 1 unspecified atom stereocenters. The Kier molecular flexibility index (Phi) is 2.96. The second kappa shape index (κ2) is 4.23. The van der Waals surface area contributed by atoms with E-state index in [0.717, 1.165) is 12.3 Å². The van der Waals surface area contributed by atoms with E-state index in [9.17, 15) is 0 Å². The van der Waals surface area contributed by atoms with Gasteiger partial charge in [0.05, 0.1) is 7.11 Å². The Morgan fingerprint density at radius 1 is 1.47 bits per heavy atom. The number of benzene rings is 1. The average Bonchev–Trinajstić information content (AvgIpc) is 2.23. The van der Waals surface area contributed by atoms with Crippen molar-refractivity contribution in [3.8, 4) is 5.75 Å². The Hall–Kier alpha value is -1.02.